The number of nitrogens with zero attached hydrogens (tertiary/aromatic N) is 2. The average Bonchev–Trinajstić information content (AvgIpc) is 2.78. The summed E-state index contributed by atoms with van der Waals surface area (Å²) >= 11 is 7.81. The van der Waals surface area contributed by atoms with Crippen LogP contribution in [0.3, 0.4) is 0 Å². The van der Waals surface area contributed by atoms with Gasteiger partial charge in [0.2, 0.25) is 10.0 Å². The summed E-state index contributed by atoms with van der Waals surface area (Å²) in [5.41, 5.74) is 1.70. The van der Waals surface area contributed by atoms with Crippen molar-refractivity contribution in [1.82, 2.24) is 9.29 Å². The molecule has 0 bridgehead atoms. The molecule has 0 aliphatic carbocycles. The number of thioether (sulfide) groups is 1. The number of halogens is 1. The number of anilines is 1. The molecule has 0 saturated heterocycles. The number of rotatable bonds is 8. The lowest BCUT2D eigenvalue weighted by Crippen LogP contribution is -2.33. The third-order valence-corrected chi connectivity index (χ3v) is 8.17. The first kappa shape index (κ1) is 24.3. The van der Waals surface area contributed by atoms with Gasteiger partial charge in [-0.3, -0.25) is 4.79 Å². The lowest BCUT2D eigenvalue weighted by atomic mass is 10.2. The van der Waals surface area contributed by atoms with E-state index in [1.54, 1.807) is 37.9 Å². The molecule has 0 aliphatic heterocycles. The quantitative estimate of drug-likeness (QED) is 0.434. The normalized spacial score (nSPS) is 11.7. The number of benzene rings is 2. The maximum atomic E-state index is 12.9. The van der Waals surface area contributed by atoms with Crippen LogP contribution in [-0.4, -0.2) is 36.7 Å². The SMILES string of the molecule is CC(C)N(C)S(=O)(=O)c1ccc(Cl)c(C(=O)Nc2cccc(CSc3ccccn3)c2)c1. The maximum Gasteiger partial charge on any atom is 0.257 e. The Bertz CT molecular complexity index is 1200. The predicted octanol–water partition coefficient (Wildman–Crippen LogP) is 5.31. The van der Waals surface area contributed by atoms with E-state index in [-0.39, 0.29) is 21.5 Å². The van der Waals surface area contributed by atoms with E-state index in [2.05, 4.69) is 10.3 Å². The molecule has 1 amide bonds. The van der Waals surface area contributed by atoms with Crippen molar-refractivity contribution in [3.63, 3.8) is 0 Å². The van der Waals surface area contributed by atoms with Gasteiger partial charge >= 0.3 is 0 Å². The van der Waals surface area contributed by atoms with E-state index in [1.807, 2.05) is 36.4 Å². The summed E-state index contributed by atoms with van der Waals surface area (Å²) in [6.45, 7) is 3.56. The molecule has 2 aromatic carbocycles. The van der Waals surface area contributed by atoms with Crippen LogP contribution >= 0.6 is 23.4 Å². The molecule has 1 heterocycles. The van der Waals surface area contributed by atoms with Gasteiger partial charge in [-0.2, -0.15) is 4.31 Å². The predicted molar refractivity (Wildman–Crippen MR) is 130 cm³/mol. The second-order valence-corrected chi connectivity index (χ2v) is 10.8. The largest absolute Gasteiger partial charge is 0.322 e. The van der Waals surface area contributed by atoms with Crippen molar-refractivity contribution >= 4 is 45.0 Å². The van der Waals surface area contributed by atoms with Crippen LogP contribution in [0.1, 0.15) is 29.8 Å². The van der Waals surface area contributed by atoms with Gasteiger partial charge in [-0.05, 0) is 61.9 Å². The molecule has 0 fully saturated rings. The zero-order valence-corrected chi connectivity index (χ0v) is 20.3. The third kappa shape index (κ3) is 5.89. The van der Waals surface area contributed by atoms with Gasteiger partial charge in [-0.1, -0.05) is 29.8 Å². The standard InChI is InChI=1S/C23H24ClN3O3S2/c1-16(2)27(3)32(29,30)19-10-11-21(24)20(14-19)23(28)26-18-8-6-7-17(13-18)15-31-22-9-4-5-12-25-22/h4-14,16H,15H2,1-3H3,(H,26,28). The van der Waals surface area contributed by atoms with Crippen LogP contribution in [0.15, 0.2) is 76.8 Å². The van der Waals surface area contributed by atoms with Gasteiger partial charge in [-0.25, -0.2) is 13.4 Å². The number of carbonyl (C=O) groups is 1. The lowest BCUT2D eigenvalue weighted by Gasteiger charge is -2.21. The number of pyridine rings is 1. The van der Waals surface area contributed by atoms with Gasteiger partial charge < -0.3 is 5.32 Å². The van der Waals surface area contributed by atoms with Crippen molar-refractivity contribution in [2.75, 3.05) is 12.4 Å². The van der Waals surface area contributed by atoms with Crippen LogP contribution in [0.4, 0.5) is 5.69 Å². The molecule has 3 rings (SSSR count). The minimum atomic E-state index is -3.74. The van der Waals surface area contributed by atoms with Gasteiger partial charge in [0.15, 0.2) is 0 Å². The first-order chi connectivity index (χ1) is 15.2. The van der Waals surface area contributed by atoms with E-state index >= 15 is 0 Å². The zero-order chi connectivity index (χ0) is 23.3. The molecular formula is C23H24ClN3O3S2. The van der Waals surface area contributed by atoms with Crippen LogP contribution in [-0.2, 0) is 15.8 Å². The molecular weight excluding hydrogens is 466 g/mol. The molecule has 168 valence electrons. The summed E-state index contributed by atoms with van der Waals surface area (Å²) < 4.78 is 26.8. The summed E-state index contributed by atoms with van der Waals surface area (Å²) in [4.78, 5) is 17.2. The fraction of sp³-hybridized carbons (Fsp3) is 0.217. The minimum absolute atomic E-state index is 0.0174. The molecule has 6 nitrogen and oxygen atoms in total. The fourth-order valence-corrected chi connectivity index (χ4v) is 5.21. The third-order valence-electron chi connectivity index (χ3n) is 4.80. The van der Waals surface area contributed by atoms with Crippen molar-refractivity contribution in [3.8, 4) is 0 Å². The van der Waals surface area contributed by atoms with Gasteiger partial charge in [-0.15, -0.1) is 11.8 Å². The molecule has 1 N–H and O–H groups in total. The molecule has 1 aromatic heterocycles. The summed E-state index contributed by atoms with van der Waals surface area (Å²) in [6, 6.07) is 17.1. The van der Waals surface area contributed by atoms with Crippen molar-refractivity contribution in [3.05, 3.63) is 83.0 Å². The second-order valence-electron chi connectivity index (χ2n) is 7.37. The number of carbonyl (C=O) groups excluding carboxylic acids is 1. The van der Waals surface area contributed by atoms with Gasteiger partial charge in [0.05, 0.1) is 20.5 Å². The van der Waals surface area contributed by atoms with Crippen LogP contribution in [0.25, 0.3) is 0 Å². The van der Waals surface area contributed by atoms with Gasteiger partial charge in [0.1, 0.15) is 0 Å². The van der Waals surface area contributed by atoms with E-state index < -0.39 is 15.9 Å². The van der Waals surface area contributed by atoms with E-state index in [0.717, 1.165) is 10.6 Å². The second kappa shape index (κ2) is 10.5. The number of hydrogen-bond acceptors (Lipinski definition) is 5. The Kier molecular flexibility index (Phi) is 7.95. The maximum absolute atomic E-state index is 12.9. The Hall–Kier alpha value is -2.39. The molecule has 32 heavy (non-hydrogen) atoms. The van der Waals surface area contributed by atoms with Crippen LogP contribution < -0.4 is 5.32 Å². The Labute approximate surface area is 198 Å². The Morgan fingerprint density at radius 2 is 1.91 bits per heavy atom. The minimum Gasteiger partial charge on any atom is -0.322 e. The number of hydrogen-bond donors (Lipinski definition) is 1. The highest BCUT2D eigenvalue weighted by molar-refractivity contribution is 7.98. The fourth-order valence-electron chi connectivity index (χ4n) is 2.81. The summed E-state index contributed by atoms with van der Waals surface area (Å²) in [5.74, 6) is 0.213. The molecule has 0 atom stereocenters. The monoisotopic (exact) mass is 489 g/mol. The highest BCUT2D eigenvalue weighted by Gasteiger charge is 2.25. The highest BCUT2D eigenvalue weighted by atomic mass is 35.5. The number of sulfonamides is 1. The van der Waals surface area contributed by atoms with Gasteiger partial charge in [0, 0.05) is 30.7 Å². The highest BCUT2D eigenvalue weighted by Crippen LogP contribution is 2.26. The van der Waals surface area contributed by atoms with Crippen LogP contribution in [0, 0.1) is 0 Å². The summed E-state index contributed by atoms with van der Waals surface area (Å²) in [7, 11) is -2.24. The number of aromatic nitrogens is 1. The number of nitrogens with one attached hydrogen (secondary N) is 1. The Morgan fingerprint density at radius 3 is 2.59 bits per heavy atom. The molecule has 9 heteroatoms. The van der Waals surface area contributed by atoms with Crippen molar-refractivity contribution in [2.24, 2.45) is 0 Å². The van der Waals surface area contributed by atoms with Gasteiger partial charge in [0.25, 0.3) is 5.91 Å². The molecule has 0 radical (unpaired) electrons. The molecule has 0 spiro atoms. The lowest BCUT2D eigenvalue weighted by molar-refractivity contribution is 0.102. The van der Waals surface area contributed by atoms with Crippen LogP contribution in [0.5, 0.6) is 0 Å². The van der Waals surface area contributed by atoms with E-state index in [1.165, 1.54) is 29.6 Å². The van der Waals surface area contributed by atoms with Crippen molar-refractivity contribution in [1.29, 1.82) is 0 Å². The molecule has 0 unspecified atom stereocenters. The number of amides is 1. The van der Waals surface area contributed by atoms with E-state index in [0.29, 0.717) is 11.4 Å². The zero-order valence-electron chi connectivity index (χ0n) is 17.9. The van der Waals surface area contributed by atoms with Crippen LogP contribution in [0.2, 0.25) is 5.02 Å². The molecule has 0 saturated carbocycles. The topological polar surface area (TPSA) is 79.4 Å². The smallest absolute Gasteiger partial charge is 0.257 e. The summed E-state index contributed by atoms with van der Waals surface area (Å²) in [6.07, 6.45) is 1.75. The molecule has 3 aromatic rings. The van der Waals surface area contributed by atoms with Crippen molar-refractivity contribution in [2.45, 2.75) is 35.6 Å². The van der Waals surface area contributed by atoms with Crippen molar-refractivity contribution < 1.29 is 13.2 Å². The summed E-state index contributed by atoms with van der Waals surface area (Å²) in [5, 5.41) is 3.90. The van der Waals surface area contributed by atoms with E-state index in [9.17, 15) is 13.2 Å². The Balaban J connectivity index is 1.77. The molecule has 0 aliphatic rings. The van der Waals surface area contributed by atoms with E-state index in [4.69, 9.17) is 11.6 Å². The average molecular weight is 490 g/mol. The first-order valence-corrected chi connectivity index (χ1v) is 12.7. The Morgan fingerprint density at radius 1 is 1.12 bits per heavy atom. The first-order valence-electron chi connectivity index (χ1n) is 9.90.